The molecular weight excluding hydrogens is 282 g/mol. The molecule has 2 aliphatic rings. The topological polar surface area (TPSA) is 102 Å². The first kappa shape index (κ1) is 15.7. The maximum absolute atomic E-state index is 12.4. The normalized spacial score (nSPS) is 29.6. The third-order valence-electron chi connectivity index (χ3n) is 3.97. The number of likely N-dealkylation sites (tertiary alicyclic amines) is 1. The van der Waals surface area contributed by atoms with Gasteiger partial charge in [-0.15, -0.1) is 0 Å². The molecule has 0 aliphatic carbocycles. The van der Waals surface area contributed by atoms with E-state index in [1.54, 1.807) is 6.92 Å². The molecule has 0 aromatic carbocycles. The van der Waals surface area contributed by atoms with Crippen molar-refractivity contribution in [3.8, 4) is 0 Å². The molecule has 3 atom stereocenters. The number of ether oxygens (including phenoxy) is 1. The van der Waals surface area contributed by atoms with Crippen LogP contribution in [0.5, 0.6) is 0 Å². The largest absolute Gasteiger partial charge is 0.480 e. The average Bonchev–Trinajstić information content (AvgIpc) is 3.05. The molecule has 2 unspecified atom stereocenters. The summed E-state index contributed by atoms with van der Waals surface area (Å²) in [6.07, 6.45) is 0.660. The summed E-state index contributed by atoms with van der Waals surface area (Å²) in [5.74, 6) is -2.62. The van der Waals surface area contributed by atoms with Crippen molar-refractivity contribution >= 4 is 17.8 Å². The molecule has 0 aromatic rings. The smallest absolute Gasteiger partial charge is 0.326 e. The molecule has 1 N–H and O–H groups in total. The molecular formula is C13H19NO7. The molecule has 1 amide bonds. The van der Waals surface area contributed by atoms with Crippen LogP contribution in [0.25, 0.3) is 0 Å². The summed E-state index contributed by atoms with van der Waals surface area (Å²) in [5.41, 5.74) is -0.746. The van der Waals surface area contributed by atoms with E-state index in [9.17, 15) is 19.5 Å². The van der Waals surface area contributed by atoms with Crippen LogP contribution in [0.15, 0.2) is 0 Å². The number of esters is 1. The second-order valence-electron chi connectivity index (χ2n) is 5.54. The Morgan fingerprint density at radius 3 is 2.71 bits per heavy atom. The molecule has 0 saturated carbocycles. The van der Waals surface area contributed by atoms with E-state index < -0.39 is 29.5 Å². The minimum atomic E-state index is -1.08. The van der Waals surface area contributed by atoms with Crippen LogP contribution in [-0.4, -0.2) is 59.8 Å². The Kier molecular flexibility index (Phi) is 4.48. The van der Waals surface area contributed by atoms with E-state index in [2.05, 4.69) is 4.74 Å². The zero-order chi connectivity index (χ0) is 15.6. The quantitative estimate of drug-likeness (QED) is 0.574. The number of hydrogen-bond donors (Lipinski definition) is 1. The van der Waals surface area contributed by atoms with Crippen molar-refractivity contribution in [3.05, 3.63) is 0 Å². The van der Waals surface area contributed by atoms with Crippen LogP contribution in [0.4, 0.5) is 0 Å². The molecule has 0 radical (unpaired) electrons. The third kappa shape index (κ3) is 3.16. The maximum atomic E-state index is 12.4. The lowest BCUT2D eigenvalue weighted by Crippen LogP contribution is -2.44. The molecule has 8 nitrogen and oxygen atoms in total. The van der Waals surface area contributed by atoms with E-state index in [4.69, 9.17) is 9.78 Å². The van der Waals surface area contributed by atoms with E-state index in [0.717, 1.165) is 0 Å². The molecule has 8 heteroatoms. The maximum Gasteiger partial charge on any atom is 0.326 e. The minimum absolute atomic E-state index is 0.0808. The lowest BCUT2D eigenvalue weighted by molar-refractivity contribution is -0.304. The number of carbonyl (C=O) groups excluding carboxylic acids is 2. The van der Waals surface area contributed by atoms with Crippen molar-refractivity contribution in [2.75, 3.05) is 20.3 Å². The highest BCUT2D eigenvalue weighted by Crippen LogP contribution is 2.38. The molecule has 2 fully saturated rings. The number of rotatable bonds is 4. The number of aliphatic carboxylic acids is 1. The highest BCUT2D eigenvalue weighted by molar-refractivity contribution is 5.88. The van der Waals surface area contributed by atoms with Gasteiger partial charge in [-0.3, -0.25) is 9.59 Å². The summed E-state index contributed by atoms with van der Waals surface area (Å²) in [6, 6.07) is -0.959. The van der Waals surface area contributed by atoms with Crippen molar-refractivity contribution in [1.29, 1.82) is 0 Å². The van der Waals surface area contributed by atoms with Gasteiger partial charge in [0.15, 0.2) is 0 Å². The van der Waals surface area contributed by atoms with Crippen molar-refractivity contribution in [1.82, 2.24) is 4.90 Å². The molecule has 0 aromatic heterocycles. The second kappa shape index (κ2) is 5.98. The van der Waals surface area contributed by atoms with Crippen molar-refractivity contribution < 1.29 is 34.0 Å². The number of carboxylic acid groups (broad SMARTS) is 1. The molecule has 2 rings (SSSR count). The van der Waals surface area contributed by atoms with E-state index in [1.807, 2.05) is 0 Å². The average molecular weight is 301 g/mol. The summed E-state index contributed by atoms with van der Waals surface area (Å²) in [4.78, 5) is 46.4. The van der Waals surface area contributed by atoms with Gasteiger partial charge in [0.1, 0.15) is 11.6 Å². The SMILES string of the molecule is COC(=O)CC(C)C(=O)N1CC2(CCOO2)C[C@H]1C(=O)O. The Morgan fingerprint density at radius 1 is 1.48 bits per heavy atom. The second-order valence-corrected chi connectivity index (χ2v) is 5.54. The van der Waals surface area contributed by atoms with Gasteiger partial charge in [0.25, 0.3) is 0 Å². The Morgan fingerprint density at radius 2 is 2.19 bits per heavy atom. The summed E-state index contributed by atoms with van der Waals surface area (Å²) in [5, 5.41) is 9.30. The fraction of sp³-hybridized carbons (Fsp3) is 0.769. The Balaban J connectivity index is 2.10. The summed E-state index contributed by atoms with van der Waals surface area (Å²) >= 11 is 0. The van der Waals surface area contributed by atoms with Crippen LogP contribution in [-0.2, 0) is 28.9 Å². The van der Waals surface area contributed by atoms with Gasteiger partial charge in [-0.05, 0) is 0 Å². The molecule has 2 saturated heterocycles. The first-order valence-corrected chi connectivity index (χ1v) is 6.79. The minimum Gasteiger partial charge on any atom is -0.480 e. The highest BCUT2D eigenvalue weighted by Gasteiger charge is 2.53. The predicted octanol–water partition coefficient (Wildman–Crippen LogP) is -0.0382. The van der Waals surface area contributed by atoms with Crippen LogP contribution in [0.2, 0.25) is 0 Å². The van der Waals surface area contributed by atoms with Crippen LogP contribution in [0.1, 0.15) is 26.2 Å². The molecule has 2 aliphatic heterocycles. The molecule has 118 valence electrons. The van der Waals surface area contributed by atoms with E-state index in [-0.39, 0.29) is 25.3 Å². The lowest BCUT2D eigenvalue weighted by atomic mass is 9.97. The lowest BCUT2D eigenvalue weighted by Gasteiger charge is -2.25. The van der Waals surface area contributed by atoms with E-state index in [0.29, 0.717) is 13.0 Å². The van der Waals surface area contributed by atoms with Crippen molar-refractivity contribution in [2.45, 2.75) is 37.8 Å². The number of nitrogens with zero attached hydrogens (tertiary/aromatic N) is 1. The van der Waals surface area contributed by atoms with E-state index >= 15 is 0 Å². The summed E-state index contributed by atoms with van der Waals surface area (Å²) in [7, 11) is 1.24. The summed E-state index contributed by atoms with van der Waals surface area (Å²) < 4.78 is 4.53. The first-order chi connectivity index (χ1) is 9.88. The number of carboxylic acids is 1. The van der Waals surface area contributed by atoms with E-state index in [1.165, 1.54) is 12.0 Å². The van der Waals surface area contributed by atoms with Crippen LogP contribution >= 0.6 is 0 Å². The number of methoxy groups -OCH3 is 1. The van der Waals surface area contributed by atoms with Crippen molar-refractivity contribution in [3.63, 3.8) is 0 Å². The zero-order valence-electron chi connectivity index (χ0n) is 12.0. The first-order valence-electron chi connectivity index (χ1n) is 6.79. The van der Waals surface area contributed by atoms with Crippen LogP contribution in [0.3, 0.4) is 0 Å². The van der Waals surface area contributed by atoms with Gasteiger partial charge >= 0.3 is 11.9 Å². The summed E-state index contributed by atoms with van der Waals surface area (Å²) in [6.45, 7) is 2.12. The van der Waals surface area contributed by atoms with Crippen molar-refractivity contribution in [2.24, 2.45) is 5.92 Å². The monoisotopic (exact) mass is 301 g/mol. The molecule has 0 bridgehead atoms. The highest BCUT2D eigenvalue weighted by atomic mass is 17.2. The van der Waals surface area contributed by atoms with Gasteiger partial charge in [-0.1, -0.05) is 6.92 Å². The zero-order valence-corrected chi connectivity index (χ0v) is 12.0. The number of carbonyl (C=O) groups is 3. The molecule has 21 heavy (non-hydrogen) atoms. The van der Waals surface area contributed by atoms with Crippen LogP contribution < -0.4 is 0 Å². The third-order valence-corrected chi connectivity index (χ3v) is 3.97. The van der Waals surface area contributed by atoms with Gasteiger partial charge in [-0.25, -0.2) is 14.6 Å². The fourth-order valence-corrected chi connectivity index (χ4v) is 2.78. The van der Waals surface area contributed by atoms with Gasteiger partial charge in [0, 0.05) is 18.8 Å². The van der Waals surface area contributed by atoms with Gasteiger partial charge in [0.05, 0.1) is 26.7 Å². The number of amides is 1. The Bertz CT molecular complexity index is 444. The Hall–Kier alpha value is -1.67. The Labute approximate surface area is 121 Å². The standard InChI is InChI=1S/C13H19NO7/c1-8(5-10(15)19-2)11(16)14-7-13(3-4-20-21-13)6-9(14)12(17)18/h8-9H,3-7H2,1-2H3,(H,17,18)/t8?,9-,13?/m0/s1. The van der Waals surface area contributed by atoms with Gasteiger partial charge in [0.2, 0.25) is 5.91 Å². The van der Waals surface area contributed by atoms with Gasteiger partial charge < -0.3 is 14.7 Å². The predicted molar refractivity (Wildman–Crippen MR) is 67.9 cm³/mol. The van der Waals surface area contributed by atoms with Gasteiger partial charge in [-0.2, -0.15) is 0 Å². The molecule has 2 heterocycles. The number of hydrogen-bond acceptors (Lipinski definition) is 6. The molecule has 1 spiro atoms. The van der Waals surface area contributed by atoms with Crippen LogP contribution in [0, 0.1) is 5.92 Å². The fourth-order valence-electron chi connectivity index (χ4n) is 2.78.